The molecule has 1 atom stereocenters. The van der Waals surface area contributed by atoms with Crippen LogP contribution in [-0.4, -0.2) is 5.97 Å². The van der Waals surface area contributed by atoms with Crippen molar-refractivity contribution in [3.8, 4) is 0 Å². The molecule has 2 nitrogen and oxygen atoms in total. The number of cyclic esters (lactones) is 1. The van der Waals surface area contributed by atoms with Crippen molar-refractivity contribution in [2.45, 2.75) is 25.4 Å². The topological polar surface area (TPSA) is 26.3 Å². The highest BCUT2D eigenvalue weighted by Crippen LogP contribution is 2.29. The highest BCUT2D eigenvalue weighted by molar-refractivity contribution is 9.10. The molecule has 3 heteroatoms. The second-order valence-electron chi connectivity index (χ2n) is 3.43. The fourth-order valence-electron chi connectivity index (χ4n) is 1.65. The lowest BCUT2D eigenvalue weighted by atomic mass is 10.0. The van der Waals surface area contributed by atoms with E-state index in [4.69, 9.17) is 4.74 Å². The lowest BCUT2D eigenvalue weighted by Crippen LogP contribution is -2.16. The van der Waals surface area contributed by atoms with Crippen molar-refractivity contribution in [2.24, 2.45) is 0 Å². The maximum Gasteiger partial charge on any atom is 0.306 e. The van der Waals surface area contributed by atoms with Crippen LogP contribution in [0.1, 0.15) is 30.9 Å². The van der Waals surface area contributed by atoms with Crippen molar-refractivity contribution in [1.29, 1.82) is 0 Å². The van der Waals surface area contributed by atoms with Gasteiger partial charge in [0.2, 0.25) is 0 Å². The van der Waals surface area contributed by atoms with Crippen LogP contribution in [0.2, 0.25) is 0 Å². The molecule has 1 aliphatic rings. The average molecular weight is 255 g/mol. The Morgan fingerprint density at radius 1 is 1.43 bits per heavy atom. The summed E-state index contributed by atoms with van der Waals surface area (Å²) in [6.45, 7) is 0. The minimum absolute atomic E-state index is 0.0475. The van der Waals surface area contributed by atoms with Gasteiger partial charge in [0.25, 0.3) is 0 Å². The van der Waals surface area contributed by atoms with Gasteiger partial charge < -0.3 is 4.74 Å². The highest BCUT2D eigenvalue weighted by Gasteiger charge is 2.21. The van der Waals surface area contributed by atoms with Crippen LogP contribution in [-0.2, 0) is 9.53 Å². The standard InChI is InChI=1S/C11H11BrO2/c12-9-4-1-3-8(7-9)10-5-2-6-11(13)14-10/h1,3-4,7,10H,2,5-6H2/t10-/m0/s1. The van der Waals surface area contributed by atoms with Crippen LogP contribution in [0.5, 0.6) is 0 Å². The van der Waals surface area contributed by atoms with Crippen molar-refractivity contribution < 1.29 is 9.53 Å². The Hall–Kier alpha value is -0.830. The fourth-order valence-corrected chi connectivity index (χ4v) is 2.07. The molecule has 0 aliphatic carbocycles. The van der Waals surface area contributed by atoms with E-state index in [0.29, 0.717) is 6.42 Å². The Morgan fingerprint density at radius 3 is 3.00 bits per heavy atom. The first-order valence-electron chi connectivity index (χ1n) is 4.70. The van der Waals surface area contributed by atoms with Gasteiger partial charge in [-0.1, -0.05) is 28.1 Å². The summed E-state index contributed by atoms with van der Waals surface area (Å²) in [5.74, 6) is -0.0822. The molecule has 0 radical (unpaired) electrons. The number of rotatable bonds is 1. The molecular formula is C11H11BrO2. The van der Waals surface area contributed by atoms with Gasteiger partial charge in [0.15, 0.2) is 0 Å². The SMILES string of the molecule is O=C1CCC[C@@H](c2cccc(Br)c2)O1. The zero-order valence-electron chi connectivity index (χ0n) is 7.70. The normalized spacial score (nSPS) is 21.8. The van der Waals surface area contributed by atoms with Crippen molar-refractivity contribution in [3.63, 3.8) is 0 Å². The van der Waals surface area contributed by atoms with Gasteiger partial charge in [-0.15, -0.1) is 0 Å². The van der Waals surface area contributed by atoms with Crippen molar-refractivity contribution >= 4 is 21.9 Å². The summed E-state index contributed by atoms with van der Waals surface area (Å²) in [7, 11) is 0. The molecule has 0 N–H and O–H groups in total. The molecule has 0 spiro atoms. The second-order valence-corrected chi connectivity index (χ2v) is 4.34. The fraction of sp³-hybridized carbons (Fsp3) is 0.364. The van der Waals surface area contributed by atoms with Crippen LogP contribution in [0.25, 0.3) is 0 Å². The molecule has 1 heterocycles. The number of hydrogen-bond acceptors (Lipinski definition) is 2. The van der Waals surface area contributed by atoms with E-state index in [1.54, 1.807) is 0 Å². The number of carbonyl (C=O) groups is 1. The summed E-state index contributed by atoms with van der Waals surface area (Å²) >= 11 is 3.40. The first kappa shape index (κ1) is 9.71. The molecule has 1 saturated heterocycles. The summed E-state index contributed by atoms with van der Waals surface area (Å²) in [6.07, 6.45) is 2.37. The van der Waals surface area contributed by atoms with Gasteiger partial charge in [0.1, 0.15) is 6.10 Å². The van der Waals surface area contributed by atoms with Gasteiger partial charge in [-0.25, -0.2) is 0 Å². The predicted molar refractivity (Wildman–Crippen MR) is 56.8 cm³/mol. The van der Waals surface area contributed by atoms with Crippen molar-refractivity contribution in [2.75, 3.05) is 0 Å². The molecule has 1 aliphatic heterocycles. The molecule has 1 fully saturated rings. The third-order valence-electron chi connectivity index (χ3n) is 2.34. The average Bonchev–Trinajstić information content (AvgIpc) is 2.18. The first-order valence-corrected chi connectivity index (χ1v) is 5.50. The molecule has 0 aromatic heterocycles. The lowest BCUT2D eigenvalue weighted by Gasteiger charge is -2.22. The summed E-state index contributed by atoms with van der Waals surface area (Å²) in [6, 6.07) is 7.92. The maximum absolute atomic E-state index is 11.1. The second kappa shape index (κ2) is 4.13. The summed E-state index contributed by atoms with van der Waals surface area (Å²) in [5, 5.41) is 0. The number of ether oxygens (including phenoxy) is 1. The van der Waals surface area contributed by atoms with E-state index in [0.717, 1.165) is 22.9 Å². The Morgan fingerprint density at radius 2 is 2.29 bits per heavy atom. The molecule has 0 amide bonds. The molecule has 74 valence electrons. The summed E-state index contributed by atoms with van der Waals surface area (Å²) < 4.78 is 6.29. The molecule has 2 rings (SSSR count). The van der Waals surface area contributed by atoms with E-state index in [-0.39, 0.29) is 12.1 Å². The molecule has 1 aromatic rings. The smallest absolute Gasteiger partial charge is 0.306 e. The van der Waals surface area contributed by atoms with Crippen LogP contribution >= 0.6 is 15.9 Å². The van der Waals surface area contributed by atoms with Crippen LogP contribution in [0.3, 0.4) is 0 Å². The molecule has 0 unspecified atom stereocenters. The molecule has 0 bridgehead atoms. The zero-order chi connectivity index (χ0) is 9.97. The molecule has 1 aromatic carbocycles. The Balaban J connectivity index is 2.17. The number of esters is 1. The lowest BCUT2D eigenvalue weighted by molar-refractivity contribution is -0.154. The van der Waals surface area contributed by atoms with E-state index in [2.05, 4.69) is 15.9 Å². The number of carbonyl (C=O) groups excluding carboxylic acids is 1. The first-order chi connectivity index (χ1) is 6.75. The minimum Gasteiger partial charge on any atom is -0.457 e. The number of benzene rings is 1. The Kier molecular flexibility index (Phi) is 2.87. The highest BCUT2D eigenvalue weighted by atomic mass is 79.9. The number of halogens is 1. The van der Waals surface area contributed by atoms with E-state index in [9.17, 15) is 4.79 Å². The van der Waals surface area contributed by atoms with E-state index >= 15 is 0 Å². The van der Waals surface area contributed by atoms with E-state index in [1.165, 1.54) is 0 Å². The summed E-state index contributed by atoms with van der Waals surface area (Å²) in [4.78, 5) is 11.1. The van der Waals surface area contributed by atoms with Gasteiger partial charge in [-0.05, 0) is 30.5 Å². The van der Waals surface area contributed by atoms with Gasteiger partial charge in [-0.2, -0.15) is 0 Å². The van der Waals surface area contributed by atoms with Crippen molar-refractivity contribution in [1.82, 2.24) is 0 Å². The van der Waals surface area contributed by atoms with Gasteiger partial charge in [-0.3, -0.25) is 4.79 Å². The van der Waals surface area contributed by atoms with E-state index < -0.39 is 0 Å². The summed E-state index contributed by atoms with van der Waals surface area (Å²) in [5.41, 5.74) is 1.08. The van der Waals surface area contributed by atoms with Gasteiger partial charge >= 0.3 is 5.97 Å². The molecular weight excluding hydrogens is 244 g/mol. The van der Waals surface area contributed by atoms with Gasteiger partial charge in [0.05, 0.1) is 0 Å². The largest absolute Gasteiger partial charge is 0.457 e. The minimum atomic E-state index is -0.0822. The van der Waals surface area contributed by atoms with E-state index in [1.807, 2.05) is 24.3 Å². The molecule has 14 heavy (non-hydrogen) atoms. The zero-order valence-corrected chi connectivity index (χ0v) is 9.29. The van der Waals surface area contributed by atoms with Crippen LogP contribution in [0.15, 0.2) is 28.7 Å². The predicted octanol–water partition coefficient (Wildman–Crippen LogP) is 3.22. The monoisotopic (exact) mass is 254 g/mol. The number of hydrogen-bond donors (Lipinski definition) is 0. The van der Waals surface area contributed by atoms with Crippen LogP contribution < -0.4 is 0 Å². The third-order valence-corrected chi connectivity index (χ3v) is 2.83. The van der Waals surface area contributed by atoms with Crippen LogP contribution in [0.4, 0.5) is 0 Å². The van der Waals surface area contributed by atoms with Gasteiger partial charge in [0, 0.05) is 10.9 Å². The molecule has 0 saturated carbocycles. The van der Waals surface area contributed by atoms with Crippen molar-refractivity contribution in [3.05, 3.63) is 34.3 Å². The quantitative estimate of drug-likeness (QED) is 0.720. The maximum atomic E-state index is 11.1. The third kappa shape index (κ3) is 2.15. The van der Waals surface area contributed by atoms with Crippen LogP contribution in [0, 0.1) is 0 Å². The Labute approximate surface area is 91.4 Å². The Bertz CT molecular complexity index is 349.